The molecule has 5 heteroatoms. The van der Waals surface area contributed by atoms with Crippen molar-refractivity contribution < 1.29 is 4.79 Å². The van der Waals surface area contributed by atoms with E-state index in [9.17, 15) is 4.79 Å². The summed E-state index contributed by atoms with van der Waals surface area (Å²) in [5.41, 5.74) is 2.73. The van der Waals surface area contributed by atoms with Gasteiger partial charge >= 0.3 is 0 Å². The summed E-state index contributed by atoms with van der Waals surface area (Å²) in [6, 6.07) is 10.0. The normalized spacial score (nSPS) is 10.6. The molecule has 0 radical (unpaired) electrons. The molecule has 1 amide bonds. The second kappa shape index (κ2) is 6.23. The van der Waals surface area contributed by atoms with E-state index in [1.54, 1.807) is 0 Å². The molecule has 0 unspecified atom stereocenters. The highest BCUT2D eigenvalue weighted by molar-refractivity contribution is 5.89. The second-order valence-corrected chi connectivity index (χ2v) is 5.00. The van der Waals surface area contributed by atoms with Gasteiger partial charge in [0.25, 0.3) is 0 Å². The molecule has 20 heavy (non-hydrogen) atoms. The Labute approximate surface area is 119 Å². The van der Waals surface area contributed by atoms with Crippen molar-refractivity contribution in [2.45, 2.75) is 33.4 Å². The monoisotopic (exact) mass is 272 g/mol. The summed E-state index contributed by atoms with van der Waals surface area (Å²) in [7, 11) is 0. The number of hydrogen-bond acceptors (Lipinski definition) is 3. The van der Waals surface area contributed by atoms with Crippen LogP contribution in [0.3, 0.4) is 0 Å². The van der Waals surface area contributed by atoms with Crippen molar-refractivity contribution in [2.24, 2.45) is 0 Å². The molecule has 0 aliphatic carbocycles. The van der Waals surface area contributed by atoms with Crippen molar-refractivity contribution in [2.75, 3.05) is 10.6 Å². The van der Waals surface area contributed by atoms with E-state index in [0.717, 1.165) is 17.1 Å². The Morgan fingerprint density at radius 2 is 2.05 bits per heavy atom. The molecule has 1 aromatic carbocycles. The van der Waals surface area contributed by atoms with E-state index in [-0.39, 0.29) is 5.91 Å². The lowest BCUT2D eigenvalue weighted by atomic mass is 10.2. The zero-order chi connectivity index (χ0) is 14.5. The zero-order valence-electron chi connectivity index (χ0n) is 12.1. The van der Waals surface area contributed by atoms with Gasteiger partial charge in [-0.2, -0.15) is 5.10 Å². The molecule has 2 rings (SSSR count). The van der Waals surface area contributed by atoms with Crippen LogP contribution in [0, 0.1) is 0 Å². The first-order valence-corrected chi connectivity index (χ1v) is 6.70. The van der Waals surface area contributed by atoms with Crippen LogP contribution in [0.15, 0.2) is 36.5 Å². The predicted octanol–water partition coefficient (Wildman–Crippen LogP) is 3.03. The maximum atomic E-state index is 11.0. The number of carbonyl (C=O) groups is 1. The lowest BCUT2D eigenvalue weighted by molar-refractivity contribution is -0.114. The van der Waals surface area contributed by atoms with Crippen LogP contribution in [0.2, 0.25) is 0 Å². The first-order chi connectivity index (χ1) is 9.54. The fourth-order valence-corrected chi connectivity index (χ4v) is 1.86. The molecule has 0 spiro atoms. The smallest absolute Gasteiger partial charge is 0.221 e. The van der Waals surface area contributed by atoms with Crippen LogP contribution in [0.4, 0.5) is 11.4 Å². The number of nitrogens with zero attached hydrogens (tertiary/aromatic N) is 2. The van der Waals surface area contributed by atoms with E-state index in [2.05, 4.69) is 29.6 Å². The van der Waals surface area contributed by atoms with Gasteiger partial charge in [-0.25, -0.2) is 0 Å². The van der Waals surface area contributed by atoms with Gasteiger partial charge in [-0.1, -0.05) is 6.07 Å². The van der Waals surface area contributed by atoms with Crippen LogP contribution >= 0.6 is 0 Å². The standard InChI is InChI=1S/C15H20N4O/c1-11(2)19-8-7-15(18-19)10-16-13-5-4-6-14(9-13)17-12(3)20/h4-9,11,16H,10H2,1-3H3,(H,17,20). The molecule has 2 N–H and O–H groups in total. The first kappa shape index (κ1) is 14.1. The number of amides is 1. The Balaban J connectivity index is 1.97. The van der Waals surface area contributed by atoms with E-state index in [4.69, 9.17) is 0 Å². The van der Waals surface area contributed by atoms with E-state index in [0.29, 0.717) is 12.6 Å². The summed E-state index contributed by atoms with van der Waals surface area (Å²) in [6.07, 6.45) is 1.98. The van der Waals surface area contributed by atoms with Crippen molar-refractivity contribution in [3.63, 3.8) is 0 Å². The van der Waals surface area contributed by atoms with Crippen LogP contribution in [0.25, 0.3) is 0 Å². The van der Waals surface area contributed by atoms with Crippen LogP contribution in [-0.2, 0) is 11.3 Å². The van der Waals surface area contributed by atoms with Crippen LogP contribution in [0.5, 0.6) is 0 Å². The number of hydrogen-bond donors (Lipinski definition) is 2. The Morgan fingerprint density at radius 3 is 2.70 bits per heavy atom. The SMILES string of the molecule is CC(=O)Nc1cccc(NCc2ccn(C(C)C)n2)c1. The third-order valence-corrected chi connectivity index (χ3v) is 2.85. The number of carbonyl (C=O) groups excluding carboxylic acids is 1. The minimum atomic E-state index is -0.0715. The average Bonchev–Trinajstić information content (AvgIpc) is 2.85. The molecule has 106 valence electrons. The van der Waals surface area contributed by atoms with E-state index in [1.165, 1.54) is 6.92 Å². The number of aromatic nitrogens is 2. The zero-order valence-corrected chi connectivity index (χ0v) is 12.1. The molecule has 1 heterocycles. The lowest BCUT2D eigenvalue weighted by Crippen LogP contribution is -2.07. The summed E-state index contributed by atoms with van der Waals surface area (Å²) < 4.78 is 1.94. The van der Waals surface area contributed by atoms with Gasteiger partial charge < -0.3 is 10.6 Å². The number of rotatable bonds is 5. The maximum absolute atomic E-state index is 11.0. The molecule has 0 bridgehead atoms. The first-order valence-electron chi connectivity index (χ1n) is 6.70. The van der Waals surface area contributed by atoms with Crippen molar-refractivity contribution >= 4 is 17.3 Å². The minimum absolute atomic E-state index is 0.0715. The van der Waals surface area contributed by atoms with Gasteiger partial charge in [-0.3, -0.25) is 9.48 Å². The van der Waals surface area contributed by atoms with E-state index >= 15 is 0 Å². The van der Waals surface area contributed by atoms with Gasteiger partial charge in [-0.15, -0.1) is 0 Å². The Hall–Kier alpha value is -2.30. The summed E-state index contributed by atoms with van der Waals surface area (Å²) in [5, 5.41) is 10.5. The molecule has 1 aromatic heterocycles. The Bertz CT molecular complexity index is 589. The molecular formula is C15H20N4O. The summed E-state index contributed by atoms with van der Waals surface area (Å²) >= 11 is 0. The van der Waals surface area contributed by atoms with Crippen molar-refractivity contribution in [1.82, 2.24) is 9.78 Å². The van der Waals surface area contributed by atoms with Crippen molar-refractivity contribution in [1.29, 1.82) is 0 Å². The number of anilines is 2. The lowest BCUT2D eigenvalue weighted by Gasteiger charge is -2.08. The van der Waals surface area contributed by atoms with Gasteiger partial charge in [-0.05, 0) is 38.1 Å². The number of nitrogens with one attached hydrogen (secondary N) is 2. The quantitative estimate of drug-likeness (QED) is 0.879. The third kappa shape index (κ3) is 3.85. The Morgan fingerprint density at radius 1 is 1.30 bits per heavy atom. The van der Waals surface area contributed by atoms with E-state index < -0.39 is 0 Å². The van der Waals surface area contributed by atoms with Gasteiger partial charge in [0.2, 0.25) is 5.91 Å². The number of benzene rings is 1. The van der Waals surface area contributed by atoms with Crippen LogP contribution in [-0.4, -0.2) is 15.7 Å². The maximum Gasteiger partial charge on any atom is 0.221 e. The highest BCUT2D eigenvalue weighted by atomic mass is 16.1. The molecule has 0 saturated carbocycles. The highest BCUT2D eigenvalue weighted by Crippen LogP contribution is 2.16. The molecule has 0 saturated heterocycles. The summed E-state index contributed by atoms with van der Waals surface area (Å²) in [5.74, 6) is -0.0715. The van der Waals surface area contributed by atoms with Crippen LogP contribution in [0.1, 0.15) is 32.5 Å². The van der Waals surface area contributed by atoms with Gasteiger partial charge in [0.05, 0.1) is 12.2 Å². The second-order valence-electron chi connectivity index (χ2n) is 5.00. The largest absolute Gasteiger partial charge is 0.379 e. The predicted molar refractivity (Wildman–Crippen MR) is 80.7 cm³/mol. The third-order valence-electron chi connectivity index (χ3n) is 2.85. The molecule has 0 aliphatic heterocycles. The Kier molecular flexibility index (Phi) is 4.40. The van der Waals surface area contributed by atoms with Crippen molar-refractivity contribution in [3.8, 4) is 0 Å². The van der Waals surface area contributed by atoms with Gasteiger partial charge in [0, 0.05) is 30.5 Å². The van der Waals surface area contributed by atoms with Crippen LogP contribution < -0.4 is 10.6 Å². The van der Waals surface area contributed by atoms with Crippen molar-refractivity contribution in [3.05, 3.63) is 42.2 Å². The van der Waals surface area contributed by atoms with Gasteiger partial charge in [0.15, 0.2) is 0 Å². The fraction of sp³-hybridized carbons (Fsp3) is 0.333. The average molecular weight is 272 g/mol. The molecule has 0 aliphatic rings. The summed E-state index contributed by atoms with van der Waals surface area (Å²) in [4.78, 5) is 11.0. The molecule has 0 atom stereocenters. The highest BCUT2D eigenvalue weighted by Gasteiger charge is 2.02. The topological polar surface area (TPSA) is 59.0 Å². The summed E-state index contributed by atoms with van der Waals surface area (Å²) in [6.45, 7) is 6.35. The molecular weight excluding hydrogens is 252 g/mol. The van der Waals surface area contributed by atoms with E-state index in [1.807, 2.05) is 41.2 Å². The molecule has 5 nitrogen and oxygen atoms in total. The molecule has 0 fully saturated rings. The fourth-order valence-electron chi connectivity index (χ4n) is 1.86. The van der Waals surface area contributed by atoms with Gasteiger partial charge in [0.1, 0.15) is 0 Å². The minimum Gasteiger partial charge on any atom is -0.379 e. The molecule has 2 aromatic rings.